The van der Waals surface area contributed by atoms with E-state index in [-0.39, 0.29) is 17.1 Å². The molecule has 0 aliphatic rings. The largest absolute Gasteiger partial charge is 0.504 e. The number of hydrogen-bond donors (Lipinski definition) is 3. The molecule has 82 valence electrons. The Morgan fingerprint density at radius 2 is 2.00 bits per heavy atom. The number of phenols is 1. The number of methoxy groups -OCH3 is 1. The summed E-state index contributed by atoms with van der Waals surface area (Å²) in [4.78, 5) is 28.4. The van der Waals surface area contributed by atoms with Crippen molar-refractivity contribution in [2.45, 2.75) is 0 Å². The fourth-order valence-electron chi connectivity index (χ4n) is 0.979. The lowest BCUT2D eigenvalue weighted by molar-refractivity contribution is 0.104. The predicted octanol–water partition coefficient (Wildman–Crippen LogP) is 0.719. The van der Waals surface area contributed by atoms with E-state index in [1.165, 1.54) is 7.11 Å². The van der Waals surface area contributed by atoms with Crippen LogP contribution in [0.25, 0.3) is 0 Å². The van der Waals surface area contributed by atoms with Gasteiger partial charge in [0.25, 0.3) is 5.52 Å². The molecule has 0 fully saturated rings. The highest BCUT2D eigenvalue weighted by molar-refractivity contribution is 7.70. The first kappa shape index (κ1) is 11.7. The molecule has 0 saturated carbocycles. The number of rotatable bonds is 3. The van der Waals surface area contributed by atoms with Crippen LogP contribution in [-0.2, 0) is 4.57 Å². The minimum Gasteiger partial charge on any atom is -0.504 e. The summed E-state index contributed by atoms with van der Waals surface area (Å²) >= 11 is 0. The van der Waals surface area contributed by atoms with Gasteiger partial charge >= 0.3 is 7.60 Å². The zero-order valence-electron chi connectivity index (χ0n) is 7.75. The van der Waals surface area contributed by atoms with Crippen LogP contribution in [0.4, 0.5) is 0 Å². The maximum atomic E-state index is 11.1. The molecule has 0 saturated heterocycles. The standard InChI is InChI=1S/C8H9O6P/c1-14-7-4-5(2-3-6(7)9)8(10)15(11,12)13/h2-4,9H,1H3,(H2,11,12,13). The lowest BCUT2D eigenvalue weighted by Crippen LogP contribution is -2.00. The van der Waals surface area contributed by atoms with E-state index in [4.69, 9.17) is 14.5 Å². The topological polar surface area (TPSA) is 104 Å². The van der Waals surface area contributed by atoms with Gasteiger partial charge in [0, 0.05) is 5.56 Å². The Labute approximate surface area is 85.3 Å². The molecule has 0 aliphatic heterocycles. The summed E-state index contributed by atoms with van der Waals surface area (Å²) in [7, 11) is -3.54. The van der Waals surface area contributed by atoms with Crippen LogP contribution in [0.2, 0.25) is 0 Å². The highest BCUT2D eigenvalue weighted by Crippen LogP contribution is 2.40. The maximum absolute atomic E-state index is 11.1. The average molecular weight is 232 g/mol. The summed E-state index contributed by atoms with van der Waals surface area (Å²) in [6.07, 6.45) is 0. The summed E-state index contributed by atoms with van der Waals surface area (Å²) in [5.74, 6) is -0.228. The molecule has 0 radical (unpaired) electrons. The minimum atomic E-state index is -4.80. The van der Waals surface area contributed by atoms with E-state index in [2.05, 4.69) is 0 Å². The van der Waals surface area contributed by atoms with Gasteiger partial charge in [-0.15, -0.1) is 0 Å². The SMILES string of the molecule is COc1cc(C(=O)P(=O)(O)O)ccc1O. The highest BCUT2D eigenvalue weighted by Gasteiger charge is 2.27. The van der Waals surface area contributed by atoms with Crippen molar-refractivity contribution >= 4 is 13.1 Å². The molecule has 15 heavy (non-hydrogen) atoms. The second-order valence-electron chi connectivity index (χ2n) is 2.74. The second-order valence-corrected chi connectivity index (χ2v) is 4.23. The molecule has 0 heterocycles. The smallest absolute Gasteiger partial charge is 0.396 e. The Kier molecular flexibility index (Phi) is 3.14. The summed E-state index contributed by atoms with van der Waals surface area (Å²) < 4.78 is 15.4. The molecule has 0 aromatic heterocycles. The number of benzene rings is 1. The Balaban J connectivity index is 3.18. The maximum Gasteiger partial charge on any atom is 0.396 e. The lowest BCUT2D eigenvalue weighted by Gasteiger charge is -2.06. The van der Waals surface area contributed by atoms with E-state index < -0.39 is 13.1 Å². The molecule has 0 unspecified atom stereocenters. The van der Waals surface area contributed by atoms with Crippen molar-refractivity contribution in [3.05, 3.63) is 23.8 Å². The van der Waals surface area contributed by atoms with Gasteiger partial charge in [0.2, 0.25) is 0 Å². The van der Waals surface area contributed by atoms with Gasteiger partial charge in [-0.2, -0.15) is 0 Å². The molecule has 1 rings (SSSR count). The predicted molar refractivity (Wildman–Crippen MR) is 51.0 cm³/mol. The Morgan fingerprint density at radius 1 is 1.40 bits per heavy atom. The number of carbonyl (C=O) groups is 1. The van der Waals surface area contributed by atoms with Gasteiger partial charge in [0.05, 0.1) is 7.11 Å². The molecule has 0 atom stereocenters. The first-order valence-electron chi connectivity index (χ1n) is 3.83. The van der Waals surface area contributed by atoms with Crippen molar-refractivity contribution in [3.63, 3.8) is 0 Å². The van der Waals surface area contributed by atoms with Crippen LogP contribution >= 0.6 is 7.60 Å². The Morgan fingerprint density at radius 3 is 2.47 bits per heavy atom. The molecular formula is C8H9O6P. The van der Waals surface area contributed by atoms with E-state index in [9.17, 15) is 14.5 Å². The quantitative estimate of drug-likeness (QED) is 0.663. The fourth-order valence-corrected chi connectivity index (χ4v) is 1.45. The van der Waals surface area contributed by atoms with E-state index in [0.717, 1.165) is 18.2 Å². The molecule has 0 spiro atoms. The molecule has 1 aromatic rings. The van der Waals surface area contributed by atoms with Crippen LogP contribution in [0.15, 0.2) is 18.2 Å². The molecule has 3 N–H and O–H groups in total. The first-order chi connectivity index (χ1) is 6.86. The molecule has 0 bridgehead atoms. The lowest BCUT2D eigenvalue weighted by atomic mass is 10.2. The normalized spacial score (nSPS) is 11.1. The minimum absolute atomic E-state index is 0.0192. The van der Waals surface area contributed by atoms with Crippen molar-refractivity contribution in [3.8, 4) is 11.5 Å². The van der Waals surface area contributed by atoms with Crippen LogP contribution in [0.1, 0.15) is 10.4 Å². The monoisotopic (exact) mass is 232 g/mol. The molecular weight excluding hydrogens is 223 g/mol. The summed E-state index contributed by atoms with van der Waals surface area (Å²) in [5, 5.41) is 9.19. The van der Waals surface area contributed by atoms with Crippen LogP contribution in [0, 0.1) is 0 Å². The van der Waals surface area contributed by atoms with Crippen LogP contribution in [-0.4, -0.2) is 27.5 Å². The molecule has 6 nitrogen and oxygen atoms in total. The highest BCUT2D eigenvalue weighted by atomic mass is 31.2. The van der Waals surface area contributed by atoms with E-state index in [1.807, 2.05) is 0 Å². The zero-order valence-corrected chi connectivity index (χ0v) is 8.64. The third-order valence-electron chi connectivity index (χ3n) is 1.69. The summed E-state index contributed by atoms with van der Waals surface area (Å²) in [5.41, 5.74) is -1.52. The summed E-state index contributed by atoms with van der Waals surface area (Å²) in [6.45, 7) is 0. The molecule has 0 amide bonds. The number of phenolic OH excluding ortho intramolecular Hbond substituents is 1. The van der Waals surface area contributed by atoms with Crippen molar-refractivity contribution in [2.24, 2.45) is 0 Å². The Hall–Kier alpha value is -1.36. The van der Waals surface area contributed by atoms with Crippen molar-refractivity contribution in [1.29, 1.82) is 0 Å². The van der Waals surface area contributed by atoms with Crippen molar-refractivity contribution in [2.75, 3.05) is 7.11 Å². The van der Waals surface area contributed by atoms with E-state index >= 15 is 0 Å². The number of ether oxygens (including phenoxy) is 1. The molecule has 7 heteroatoms. The van der Waals surface area contributed by atoms with Crippen LogP contribution < -0.4 is 4.74 Å². The first-order valence-corrected chi connectivity index (χ1v) is 5.45. The van der Waals surface area contributed by atoms with Gasteiger partial charge in [0.15, 0.2) is 11.5 Å². The van der Waals surface area contributed by atoms with Gasteiger partial charge in [-0.25, -0.2) is 0 Å². The van der Waals surface area contributed by atoms with Gasteiger partial charge < -0.3 is 19.6 Å². The van der Waals surface area contributed by atoms with Crippen LogP contribution in [0.5, 0.6) is 11.5 Å². The van der Waals surface area contributed by atoms with E-state index in [0.29, 0.717) is 0 Å². The van der Waals surface area contributed by atoms with Gasteiger partial charge in [0.1, 0.15) is 0 Å². The second kappa shape index (κ2) is 4.02. The fraction of sp³-hybridized carbons (Fsp3) is 0.125. The van der Waals surface area contributed by atoms with Crippen molar-refractivity contribution in [1.82, 2.24) is 0 Å². The van der Waals surface area contributed by atoms with Crippen molar-refractivity contribution < 1.29 is 29.0 Å². The number of hydrogen-bond acceptors (Lipinski definition) is 4. The zero-order chi connectivity index (χ0) is 11.6. The third-order valence-corrected chi connectivity index (χ3v) is 2.48. The summed E-state index contributed by atoms with van der Waals surface area (Å²) in [6, 6.07) is 3.30. The van der Waals surface area contributed by atoms with E-state index in [1.54, 1.807) is 0 Å². The number of aromatic hydroxyl groups is 1. The Bertz CT molecular complexity index is 435. The molecule has 1 aromatic carbocycles. The molecule has 0 aliphatic carbocycles. The van der Waals surface area contributed by atoms with Gasteiger partial charge in [-0.3, -0.25) is 9.36 Å². The number of carbonyl (C=O) groups excluding carboxylic acids is 1. The van der Waals surface area contributed by atoms with Crippen LogP contribution in [0.3, 0.4) is 0 Å². The van der Waals surface area contributed by atoms with Gasteiger partial charge in [-0.1, -0.05) is 0 Å². The van der Waals surface area contributed by atoms with Gasteiger partial charge in [-0.05, 0) is 18.2 Å². The average Bonchev–Trinajstić information content (AvgIpc) is 2.16. The third kappa shape index (κ3) is 2.56.